The fourth-order valence-electron chi connectivity index (χ4n) is 2.81. The molecule has 1 unspecified atom stereocenters. The average molecular weight is 215 g/mol. The van der Waals surface area contributed by atoms with E-state index in [-0.39, 0.29) is 5.41 Å². The van der Waals surface area contributed by atoms with Crippen molar-refractivity contribution in [3.8, 4) is 0 Å². The first-order valence-electron chi connectivity index (χ1n) is 6.14. The third-order valence-electron chi connectivity index (χ3n) is 3.81. The Bertz CT molecular complexity index is 182. The highest BCUT2D eigenvalue weighted by atomic mass is 16.5. The van der Waals surface area contributed by atoms with Crippen LogP contribution >= 0.6 is 0 Å². The molecule has 1 rings (SSSR count). The third kappa shape index (κ3) is 2.35. The zero-order valence-corrected chi connectivity index (χ0v) is 10.1. The van der Waals surface area contributed by atoms with E-state index in [1.807, 2.05) is 0 Å². The summed E-state index contributed by atoms with van der Waals surface area (Å²) < 4.78 is 5.45. The second-order valence-corrected chi connectivity index (χ2v) is 4.82. The van der Waals surface area contributed by atoms with Gasteiger partial charge in [-0.15, -0.1) is 0 Å². The summed E-state index contributed by atoms with van der Waals surface area (Å²) in [7, 11) is 0. The van der Waals surface area contributed by atoms with Crippen LogP contribution in [0.4, 0.5) is 0 Å². The van der Waals surface area contributed by atoms with E-state index in [2.05, 4.69) is 13.8 Å². The minimum atomic E-state index is -0.623. The summed E-state index contributed by atoms with van der Waals surface area (Å²) in [5, 5.41) is 10.8. The van der Waals surface area contributed by atoms with Gasteiger partial charge in [-0.3, -0.25) is 0 Å². The second kappa shape index (κ2) is 5.28. The van der Waals surface area contributed by atoms with Gasteiger partial charge >= 0.3 is 0 Å². The molecule has 1 atom stereocenters. The van der Waals surface area contributed by atoms with Gasteiger partial charge in [-0.1, -0.05) is 26.7 Å². The highest BCUT2D eigenvalue weighted by Crippen LogP contribution is 2.44. The largest absolute Gasteiger partial charge is 0.389 e. The van der Waals surface area contributed by atoms with E-state index in [0.29, 0.717) is 13.2 Å². The van der Waals surface area contributed by atoms with Gasteiger partial charge in [0.1, 0.15) is 0 Å². The van der Waals surface area contributed by atoms with Crippen molar-refractivity contribution in [3.05, 3.63) is 0 Å². The summed E-state index contributed by atoms with van der Waals surface area (Å²) in [6.45, 7) is 6.12. The average Bonchev–Trinajstić information content (AvgIpc) is 2.68. The predicted molar refractivity (Wildman–Crippen MR) is 61.7 cm³/mol. The number of nitrogens with two attached hydrogens (primary N) is 1. The smallest absolute Gasteiger partial charge is 0.0738 e. The molecule has 1 heterocycles. The first-order valence-corrected chi connectivity index (χ1v) is 6.14. The lowest BCUT2D eigenvalue weighted by atomic mass is 9.67. The molecule has 0 bridgehead atoms. The third-order valence-corrected chi connectivity index (χ3v) is 3.81. The van der Waals surface area contributed by atoms with Crippen LogP contribution in [0.15, 0.2) is 0 Å². The van der Waals surface area contributed by atoms with Gasteiger partial charge in [0, 0.05) is 18.6 Å². The quantitative estimate of drug-likeness (QED) is 0.709. The molecule has 0 aromatic heterocycles. The van der Waals surface area contributed by atoms with Crippen molar-refractivity contribution in [1.29, 1.82) is 0 Å². The standard InChI is InChI=1S/C12H25NO2/c1-3-5-12(14,6-4-2)11(9-13)7-8-15-10-11/h14H,3-10,13H2,1-2H3. The highest BCUT2D eigenvalue weighted by molar-refractivity contribution is 5.01. The molecule has 0 aromatic rings. The summed E-state index contributed by atoms with van der Waals surface area (Å²) in [5.41, 5.74) is 5.06. The maximum Gasteiger partial charge on any atom is 0.0738 e. The van der Waals surface area contributed by atoms with E-state index in [0.717, 1.165) is 38.7 Å². The second-order valence-electron chi connectivity index (χ2n) is 4.82. The fourth-order valence-corrected chi connectivity index (χ4v) is 2.81. The summed E-state index contributed by atoms with van der Waals surface area (Å²) in [4.78, 5) is 0. The number of aliphatic hydroxyl groups is 1. The number of hydrogen-bond acceptors (Lipinski definition) is 3. The Morgan fingerprint density at radius 2 is 1.93 bits per heavy atom. The lowest BCUT2D eigenvalue weighted by molar-refractivity contribution is -0.0956. The number of hydrogen-bond donors (Lipinski definition) is 2. The van der Waals surface area contributed by atoms with Gasteiger partial charge in [-0.25, -0.2) is 0 Å². The molecule has 1 saturated heterocycles. The zero-order valence-electron chi connectivity index (χ0n) is 10.1. The van der Waals surface area contributed by atoms with Crippen LogP contribution in [0.3, 0.4) is 0 Å². The van der Waals surface area contributed by atoms with E-state index >= 15 is 0 Å². The molecular formula is C12H25NO2. The van der Waals surface area contributed by atoms with Crippen molar-refractivity contribution >= 4 is 0 Å². The Balaban J connectivity index is 2.83. The van der Waals surface area contributed by atoms with Crippen LogP contribution in [0, 0.1) is 5.41 Å². The van der Waals surface area contributed by atoms with Gasteiger partial charge < -0.3 is 15.6 Å². The van der Waals surface area contributed by atoms with Crippen molar-refractivity contribution in [2.45, 2.75) is 51.6 Å². The Morgan fingerprint density at radius 1 is 1.33 bits per heavy atom. The van der Waals surface area contributed by atoms with E-state index in [9.17, 15) is 5.11 Å². The number of ether oxygens (including phenoxy) is 1. The Kier molecular flexibility index (Phi) is 4.56. The van der Waals surface area contributed by atoms with Gasteiger partial charge in [0.15, 0.2) is 0 Å². The predicted octanol–water partition coefficient (Wildman–Crippen LogP) is 1.68. The van der Waals surface area contributed by atoms with Crippen LogP contribution in [-0.2, 0) is 4.74 Å². The molecule has 0 aromatic carbocycles. The normalized spacial score (nSPS) is 27.2. The summed E-state index contributed by atoms with van der Waals surface area (Å²) >= 11 is 0. The van der Waals surface area contributed by atoms with Gasteiger partial charge in [-0.05, 0) is 19.3 Å². The minimum absolute atomic E-state index is 0.195. The van der Waals surface area contributed by atoms with E-state index in [1.54, 1.807) is 0 Å². The first-order chi connectivity index (χ1) is 7.14. The molecule has 0 aliphatic carbocycles. The van der Waals surface area contributed by atoms with Crippen molar-refractivity contribution < 1.29 is 9.84 Å². The molecular weight excluding hydrogens is 190 g/mol. The topological polar surface area (TPSA) is 55.5 Å². The molecule has 15 heavy (non-hydrogen) atoms. The van der Waals surface area contributed by atoms with Crippen LogP contribution in [0.5, 0.6) is 0 Å². The van der Waals surface area contributed by atoms with Crippen molar-refractivity contribution in [3.63, 3.8) is 0 Å². The molecule has 3 heteroatoms. The lowest BCUT2D eigenvalue weighted by Crippen LogP contribution is -2.53. The molecule has 0 radical (unpaired) electrons. The number of rotatable bonds is 6. The monoisotopic (exact) mass is 215 g/mol. The molecule has 0 amide bonds. The van der Waals surface area contributed by atoms with Crippen molar-refractivity contribution in [1.82, 2.24) is 0 Å². The van der Waals surface area contributed by atoms with Crippen LogP contribution in [-0.4, -0.2) is 30.5 Å². The van der Waals surface area contributed by atoms with Crippen LogP contribution < -0.4 is 5.73 Å². The summed E-state index contributed by atoms with van der Waals surface area (Å²) in [5.74, 6) is 0. The van der Waals surface area contributed by atoms with E-state index in [4.69, 9.17) is 10.5 Å². The summed E-state index contributed by atoms with van der Waals surface area (Å²) in [6.07, 6.45) is 4.57. The first kappa shape index (κ1) is 12.9. The van der Waals surface area contributed by atoms with Crippen molar-refractivity contribution in [2.24, 2.45) is 11.1 Å². The van der Waals surface area contributed by atoms with E-state index in [1.165, 1.54) is 0 Å². The van der Waals surface area contributed by atoms with Crippen LogP contribution in [0.2, 0.25) is 0 Å². The van der Waals surface area contributed by atoms with Gasteiger partial charge in [0.05, 0.1) is 12.2 Å². The minimum Gasteiger partial charge on any atom is -0.389 e. The Labute approximate surface area is 93.0 Å². The Hall–Kier alpha value is -0.120. The molecule has 0 saturated carbocycles. The van der Waals surface area contributed by atoms with Gasteiger partial charge in [0.25, 0.3) is 0 Å². The molecule has 90 valence electrons. The molecule has 3 nitrogen and oxygen atoms in total. The van der Waals surface area contributed by atoms with Gasteiger partial charge in [0.2, 0.25) is 0 Å². The molecule has 1 fully saturated rings. The maximum atomic E-state index is 10.8. The molecule has 1 aliphatic rings. The fraction of sp³-hybridized carbons (Fsp3) is 1.00. The van der Waals surface area contributed by atoms with Crippen LogP contribution in [0.25, 0.3) is 0 Å². The highest BCUT2D eigenvalue weighted by Gasteiger charge is 2.50. The molecule has 0 spiro atoms. The SMILES string of the molecule is CCCC(O)(CCC)C1(CN)CCOC1. The molecule has 1 aliphatic heterocycles. The van der Waals surface area contributed by atoms with E-state index < -0.39 is 5.60 Å². The lowest BCUT2D eigenvalue weighted by Gasteiger charge is -2.43. The summed E-state index contributed by atoms with van der Waals surface area (Å²) in [6, 6.07) is 0. The molecule has 3 N–H and O–H groups in total. The maximum absolute atomic E-state index is 10.8. The Morgan fingerprint density at radius 3 is 2.27 bits per heavy atom. The van der Waals surface area contributed by atoms with Gasteiger partial charge in [-0.2, -0.15) is 0 Å². The zero-order chi connectivity index (χ0) is 11.4. The van der Waals surface area contributed by atoms with Crippen molar-refractivity contribution in [2.75, 3.05) is 19.8 Å². The van der Waals surface area contributed by atoms with Crippen LogP contribution in [0.1, 0.15) is 46.0 Å².